The standard InChI is InChI=1S/C15H18N2O4S/c1-11-2-4-14-12(8-11)9-17(6-7-20-14)10-13-3-5-15(21-13)22(16,18)19/h2-5,8H,6-7,9-10H2,1H3,(H2,16,18,19). The van der Waals surface area contributed by atoms with Crippen molar-refractivity contribution in [2.75, 3.05) is 13.2 Å². The zero-order valence-corrected chi connectivity index (χ0v) is 13.1. The fourth-order valence-electron chi connectivity index (χ4n) is 2.53. The van der Waals surface area contributed by atoms with Crippen molar-refractivity contribution in [3.63, 3.8) is 0 Å². The Hall–Kier alpha value is -1.83. The van der Waals surface area contributed by atoms with Gasteiger partial charge >= 0.3 is 0 Å². The predicted molar refractivity (Wildman–Crippen MR) is 80.9 cm³/mol. The molecule has 3 rings (SSSR count). The largest absolute Gasteiger partial charge is 0.492 e. The van der Waals surface area contributed by atoms with Gasteiger partial charge in [-0.05, 0) is 25.1 Å². The topological polar surface area (TPSA) is 85.8 Å². The zero-order chi connectivity index (χ0) is 15.7. The molecule has 6 nitrogen and oxygen atoms in total. The van der Waals surface area contributed by atoms with Crippen LogP contribution in [0.2, 0.25) is 0 Å². The summed E-state index contributed by atoms with van der Waals surface area (Å²) >= 11 is 0. The van der Waals surface area contributed by atoms with Crippen molar-refractivity contribution in [2.24, 2.45) is 5.14 Å². The Balaban J connectivity index is 1.77. The quantitative estimate of drug-likeness (QED) is 0.928. The molecule has 0 radical (unpaired) electrons. The highest BCUT2D eigenvalue weighted by Gasteiger charge is 2.18. The summed E-state index contributed by atoms with van der Waals surface area (Å²) in [5.41, 5.74) is 2.30. The molecule has 22 heavy (non-hydrogen) atoms. The van der Waals surface area contributed by atoms with E-state index in [1.165, 1.54) is 11.6 Å². The molecule has 0 atom stereocenters. The number of aryl methyl sites for hydroxylation is 1. The maximum atomic E-state index is 11.2. The molecule has 1 aromatic carbocycles. The normalized spacial score (nSPS) is 15.9. The monoisotopic (exact) mass is 322 g/mol. The van der Waals surface area contributed by atoms with Crippen molar-refractivity contribution < 1.29 is 17.6 Å². The van der Waals surface area contributed by atoms with Gasteiger partial charge in [0.2, 0.25) is 5.09 Å². The van der Waals surface area contributed by atoms with Crippen molar-refractivity contribution in [2.45, 2.75) is 25.1 Å². The van der Waals surface area contributed by atoms with E-state index in [-0.39, 0.29) is 5.09 Å². The molecular formula is C15H18N2O4S. The minimum Gasteiger partial charge on any atom is -0.492 e. The van der Waals surface area contributed by atoms with Crippen molar-refractivity contribution in [1.82, 2.24) is 4.90 Å². The van der Waals surface area contributed by atoms with Crippen LogP contribution in [-0.4, -0.2) is 26.5 Å². The first kappa shape index (κ1) is 15.1. The van der Waals surface area contributed by atoms with Crippen LogP contribution in [0, 0.1) is 6.92 Å². The summed E-state index contributed by atoms with van der Waals surface area (Å²) in [5, 5.41) is 4.85. The molecule has 2 N–H and O–H groups in total. The van der Waals surface area contributed by atoms with Gasteiger partial charge in [0, 0.05) is 18.7 Å². The van der Waals surface area contributed by atoms with Gasteiger partial charge in [0.1, 0.15) is 18.1 Å². The third-order valence-electron chi connectivity index (χ3n) is 3.57. The molecule has 7 heteroatoms. The van der Waals surface area contributed by atoms with Crippen LogP contribution in [0.5, 0.6) is 5.75 Å². The zero-order valence-electron chi connectivity index (χ0n) is 12.3. The molecule has 0 bridgehead atoms. The van der Waals surface area contributed by atoms with Gasteiger partial charge in [-0.3, -0.25) is 4.90 Å². The highest BCUT2D eigenvalue weighted by Crippen LogP contribution is 2.25. The maximum Gasteiger partial charge on any atom is 0.271 e. The molecular weight excluding hydrogens is 304 g/mol. The van der Waals surface area contributed by atoms with E-state index in [0.717, 1.165) is 24.4 Å². The molecule has 1 aromatic heterocycles. The van der Waals surface area contributed by atoms with Gasteiger partial charge in [-0.1, -0.05) is 17.7 Å². The van der Waals surface area contributed by atoms with Gasteiger partial charge in [-0.2, -0.15) is 0 Å². The molecule has 0 amide bonds. The molecule has 2 aromatic rings. The fraction of sp³-hybridized carbons (Fsp3) is 0.333. The van der Waals surface area contributed by atoms with Gasteiger partial charge in [0.15, 0.2) is 0 Å². The van der Waals surface area contributed by atoms with E-state index >= 15 is 0 Å². The Morgan fingerprint density at radius 2 is 2.09 bits per heavy atom. The summed E-state index contributed by atoms with van der Waals surface area (Å²) < 4.78 is 33.5. The van der Waals surface area contributed by atoms with Crippen LogP contribution in [0.25, 0.3) is 0 Å². The second kappa shape index (κ2) is 5.75. The van der Waals surface area contributed by atoms with E-state index in [9.17, 15) is 8.42 Å². The van der Waals surface area contributed by atoms with Crippen molar-refractivity contribution in [3.05, 3.63) is 47.2 Å². The molecule has 0 aliphatic carbocycles. The lowest BCUT2D eigenvalue weighted by Gasteiger charge is -2.17. The average Bonchev–Trinajstić information content (AvgIpc) is 2.81. The van der Waals surface area contributed by atoms with E-state index in [0.29, 0.717) is 18.9 Å². The lowest BCUT2D eigenvalue weighted by Crippen LogP contribution is -2.25. The number of nitrogens with two attached hydrogens (primary N) is 1. The summed E-state index contributed by atoms with van der Waals surface area (Å²) in [6, 6.07) is 9.14. The summed E-state index contributed by atoms with van der Waals surface area (Å²) in [6.45, 7) is 4.59. The van der Waals surface area contributed by atoms with Gasteiger partial charge in [-0.15, -0.1) is 0 Å². The van der Waals surface area contributed by atoms with Crippen LogP contribution in [0.15, 0.2) is 39.8 Å². The van der Waals surface area contributed by atoms with Crippen LogP contribution in [0.4, 0.5) is 0 Å². The van der Waals surface area contributed by atoms with Crippen LogP contribution in [0.3, 0.4) is 0 Å². The highest BCUT2D eigenvalue weighted by molar-refractivity contribution is 7.89. The number of rotatable bonds is 3. The Morgan fingerprint density at radius 1 is 1.27 bits per heavy atom. The van der Waals surface area contributed by atoms with Gasteiger partial charge in [-0.25, -0.2) is 13.6 Å². The van der Waals surface area contributed by atoms with Crippen LogP contribution in [-0.2, 0) is 23.1 Å². The lowest BCUT2D eigenvalue weighted by molar-refractivity contribution is 0.202. The first-order valence-corrected chi connectivity index (χ1v) is 8.53. The minimum atomic E-state index is -3.79. The van der Waals surface area contributed by atoms with Crippen molar-refractivity contribution in [3.8, 4) is 5.75 Å². The first-order valence-electron chi connectivity index (χ1n) is 6.98. The summed E-state index contributed by atoms with van der Waals surface area (Å²) in [5.74, 6) is 1.47. The van der Waals surface area contributed by atoms with E-state index in [1.807, 2.05) is 19.1 Å². The van der Waals surface area contributed by atoms with Crippen molar-refractivity contribution in [1.29, 1.82) is 0 Å². The Kier molecular flexibility index (Phi) is 3.94. The SMILES string of the molecule is Cc1ccc2c(c1)CN(Cc1ccc(S(N)(=O)=O)o1)CCO2. The summed E-state index contributed by atoms with van der Waals surface area (Å²) in [4.78, 5) is 2.15. The van der Waals surface area contributed by atoms with Crippen molar-refractivity contribution >= 4 is 10.0 Å². The van der Waals surface area contributed by atoms with E-state index < -0.39 is 10.0 Å². The second-order valence-electron chi connectivity index (χ2n) is 5.44. The maximum absolute atomic E-state index is 11.2. The van der Waals surface area contributed by atoms with Gasteiger partial charge in [0.05, 0.1) is 6.54 Å². The minimum absolute atomic E-state index is 0.204. The number of furan rings is 1. The van der Waals surface area contributed by atoms with Crippen LogP contribution >= 0.6 is 0 Å². The molecule has 1 aliphatic rings. The van der Waals surface area contributed by atoms with Crippen LogP contribution in [0.1, 0.15) is 16.9 Å². The lowest BCUT2D eigenvalue weighted by atomic mass is 10.1. The second-order valence-corrected chi connectivity index (χ2v) is 6.93. The number of fused-ring (bicyclic) bond motifs is 1. The molecule has 1 aliphatic heterocycles. The summed E-state index contributed by atoms with van der Waals surface area (Å²) in [6.07, 6.45) is 0. The number of hydrogen-bond acceptors (Lipinski definition) is 5. The number of hydrogen-bond donors (Lipinski definition) is 1. The first-order chi connectivity index (χ1) is 10.4. The van der Waals surface area contributed by atoms with E-state index in [2.05, 4.69) is 11.0 Å². The third-order valence-corrected chi connectivity index (χ3v) is 4.35. The average molecular weight is 322 g/mol. The molecule has 0 unspecified atom stereocenters. The number of benzene rings is 1. The summed E-state index contributed by atoms with van der Waals surface area (Å²) in [7, 11) is -3.79. The van der Waals surface area contributed by atoms with E-state index in [1.54, 1.807) is 6.07 Å². The third kappa shape index (κ3) is 3.32. The fourth-order valence-corrected chi connectivity index (χ4v) is 3.01. The molecule has 0 fully saturated rings. The molecule has 0 saturated carbocycles. The number of primary sulfonamides is 1. The molecule has 0 saturated heterocycles. The Morgan fingerprint density at radius 3 is 2.82 bits per heavy atom. The number of sulfonamides is 1. The smallest absolute Gasteiger partial charge is 0.271 e. The predicted octanol–water partition coefficient (Wildman–Crippen LogP) is 1.63. The number of nitrogens with zero attached hydrogens (tertiary/aromatic N) is 1. The Bertz CT molecular complexity index is 783. The molecule has 2 heterocycles. The molecule has 118 valence electrons. The van der Waals surface area contributed by atoms with Crippen LogP contribution < -0.4 is 9.88 Å². The Labute approximate surface area is 129 Å². The highest BCUT2D eigenvalue weighted by atomic mass is 32.2. The van der Waals surface area contributed by atoms with Gasteiger partial charge < -0.3 is 9.15 Å². The number of ether oxygens (including phenoxy) is 1. The molecule has 0 spiro atoms. The van der Waals surface area contributed by atoms with E-state index in [4.69, 9.17) is 14.3 Å². The van der Waals surface area contributed by atoms with Gasteiger partial charge in [0.25, 0.3) is 10.0 Å².